The molecule has 0 N–H and O–H groups in total. The minimum absolute atomic E-state index is 0.0250. The number of rotatable bonds is 2. The topological polar surface area (TPSA) is 60.9 Å². The molecule has 0 radical (unpaired) electrons. The van der Waals surface area contributed by atoms with Gasteiger partial charge in [-0.3, -0.25) is 4.79 Å². The zero-order valence-corrected chi connectivity index (χ0v) is 15.4. The lowest BCUT2D eigenvalue weighted by molar-refractivity contribution is -0.237. The van der Waals surface area contributed by atoms with Crippen molar-refractivity contribution in [2.75, 3.05) is 33.0 Å². The van der Waals surface area contributed by atoms with E-state index in [9.17, 15) is 4.79 Å². The molecule has 6 nitrogen and oxygen atoms in total. The molecule has 2 atom stereocenters. The number of thiazole rings is 1. The number of nitrogens with zero attached hydrogens (tertiary/aromatic N) is 2. The third kappa shape index (κ3) is 2.65. The summed E-state index contributed by atoms with van der Waals surface area (Å²) in [7, 11) is 0. The van der Waals surface area contributed by atoms with Gasteiger partial charge < -0.3 is 19.1 Å². The Labute approximate surface area is 156 Å². The van der Waals surface area contributed by atoms with Crippen molar-refractivity contribution in [1.82, 2.24) is 9.88 Å². The molecule has 1 aliphatic carbocycles. The minimum Gasteiger partial charge on any atom is -0.377 e. The summed E-state index contributed by atoms with van der Waals surface area (Å²) >= 11 is 1.63. The van der Waals surface area contributed by atoms with Crippen LogP contribution in [0.15, 0.2) is 24.3 Å². The first-order valence-corrected chi connectivity index (χ1v) is 10.1. The van der Waals surface area contributed by atoms with Gasteiger partial charge in [-0.15, -0.1) is 11.3 Å². The molecule has 138 valence electrons. The summed E-state index contributed by atoms with van der Waals surface area (Å²) in [6.07, 6.45) is 2.40. The second-order valence-corrected chi connectivity index (χ2v) is 8.22. The van der Waals surface area contributed by atoms with E-state index in [4.69, 9.17) is 19.2 Å². The van der Waals surface area contributed by atoms with Crippen LogP contribution in [0.2, 0.25) is 0 Å². The molecule has 1 aromatic carbocycles. The molecule has 1 saturated carbocycles. The largest absolute Gasteiger partial charge is 0.377 e. The van der Waals surface area contributed by atoms with Gasteiger partial charge in [0, 0.05) is 6.54 Å². The van der Waals surface area contributed by atoms with E-state index < -0.39 is 11.7 Å². The Morgan fingerprint density at radius 1 is 1.23 bits per heavy atom. The van der Waals surface area contributed by atoms with Gasteiger partial charge in [-0.2, -0.15) is 0 Å². The first kappa shape index (κ1) is 16.6. The van der Waals surface area contributed by atoms with Gasteiger partial charge in [0.1, 0.15) is 16.7 Å². The Morgan fingerprint density at radius 2 is 2.12 bits per heavy atom. The van der Waals surface area contributed by atoms with E-state index in [2.05, 4.69) is 6.07 Å². The summed E-state index contributed by atoms with van der Waals surface area (Å²) in [5, 5.41) is 0.929. The number of hydrogen-bond donors (Lipinski definition) is 0. The Kier molecular flexibility index (Phi) is 4.20. The molecule has 3 heterocycles. The van der Waals surface area contributed by atoms with Gasteiger partial charge in [-0.05, 0) is 31.4 Å². The monoisotopic (exact) mass is 374 g/mol. The van der Waals surface area contributed by atoms with Crippen LogP contribution in [0.3, 0.4) is 0 Å². The van der Waals surface area contributed by atoms with Crippen molar-refractivity contribution in [1.29, 1.82) is 0 Å². The number of hydrogen-bond acceptors (Lipinski definition) is 6. The first-order chi connectivity index (χ1) is 12.8. The van der Waals surface area contributed by atoms with Gasteiger partial charge in [0.25, 0.3) is 5.91 Å². The number of ether oxygens (including phenoxy) is 3. The molecule has 5 rings (SSSR count). The van der Waals surface area contributed by atoms with Crippen molar-refractivity contribution in [3.05, 3.63) is 29.3 Å². The summed E-state index contributed by atoms with van der Waals surface area (Å²) < 4.78 is 18.7. The van der Waals surface area contributed by atoms with E-state index in [1.54, 1.807) is 11.3 Å². The molecule has 3 fully saturated rings. The van der Waals surface area contributed by atoms with Crippen molar-refractivity contribution in [3.8, 4) is 0 Å². The van der Waals surface area contributed by atoms with Crippen molar-refractivity contribution >= 4 is 27.5 Å². The lowest BCUT2D eigenvalue weighted by atomic mass is 9.74. The molecule has 1 amide bonds. The Morgan fingerprint density at radius 3 is 2.92 bits per heavy atom. The average Bonchev–Trinajstić information content (AvgIpc) is 3.10. The Hall–Kier alpha value is -1.54. The van der Waals surface area contributed by atoms with Crippen LogP contribution in [0.5, 0.6) is 0 Å². The van der Waals surface area contributed by atoms with Crippen LogP contribution in [-0.2, 0) is 19.0 Å². The number of amides is 1. The number of aromatic nitrogens is 1. The highest BCUT2D eigenvalue weighted by molar-refractivity contribution is 7.18. The zero-order chi connectivity index (χ0) is 17.6. The molecule has 2 unspecified atom stereocenters. The van der Waals surface area contributed by atoms with Gasteiger partial charge in [0.05, 0.1) is 36.6 Å². The highest BCUT2D eigenvalue weighted by atomic mass is 32.1. The molecular weight excluding hydrogens is 352 g/mol. The Bertz CT molecular complexity index is 786. The molecule has 2 aliphatic heterocycles. The molecule has 7 heteroatoms. The predicted molar refractivity (Wildman–Crippen MR) is 97.2 cm³/mol. The van der Waals surface area contributed by atoms with Crippen molar-refractivity contribution in [2.24, 2.45) is 0 Å². The SMILES string of the molecule is O=C(C1OCCOC12CCC2)N1CCOCC1c1nc2ccccc2s1. The molecule has 2 aromatic rings. The zero-order valence-electron chi connectivity index (χ0n) is 14.6. The van der Waals surface area contributed by atoms with E-state index in [1.807, 2.05) is 23.1 Å². The maximum absolute atomic E-state index is 13.4. The van der Waals surface area contributed by atoms with Crippen LogP contribution >= 0.6 is 11.3 Å². The average molecular weight is 374 g/mol. The quantitative estimate of drug-likeness (QED) is 0.808. The summed E-state index contributed by atoms with van der Waals surface area (Å²) in [6.45, 7) is 2.65. The highest BCUT2D eigenvalue weighted by Gasteiger charge is 2.53. The number of carbonyl (C=O) groups excluding carboxylic acids is 1. The number of para-hydroxylation sites is 1. The van der Waals surface area contributed by atoms with Crippen LogP contribution in [0.4, 0.5) is 0 Å². The summed E-state index contributed by atoms with van der Waals surface area (Å²) in [4.78, 5) is 20.1. The second-order valence-electron chi connectivity index (χ2n) is 7.16. The van der Waals surface area contributed by atoms with E-state index >= 15 is 0 Å². The third-order valence-corrected chi connectivity index (χ3v) is 6.80. The normalized spacial score (nSPS) is 28.2. The van der Waals surface area contributed by atoms with Gasteiger partial charge >= 0.3 is 0 Å². The number of benzene rings is 1. The second kappa shape index (κ2) is 6.56. The minimum atomic E-state index is -0.500. The van der Waals surface area contributed by atoms with Crippen molar-refractivity contribution < 1.29 is 19.0 Å². The van der Waals surface area contributed by atoms with Crippen LogP contribution in [0.1, 0.15) is 30.3 Å². The fourth-order valence-corrected chi connectivity index (χ4v) is 5.19. The lowest BCUT2D eigenvalue weighted by Gasteiger charge is -2.50. The fourth-order valence-electron chi connectivity index (χ4n) is 4.12. The van der Waals surface area contributed by atoms with E-state index in [1.165, 1.54) is 0 Å². The molecule has 1 aromatic heterocycles. The summed E-state index contributed by atoms with van der Waals surface area (Å²) in [5.41, 5.74) is 0.560. The highest BCUT2D eigenvalue weighted by Crippen LogP contribution is 2.43. The van der Waals surface area contributed by atoms with Crippen LogP contribution in [0, 0.1) is 0 Å². The standard InChI is InChI=1S/C19H22N2O4S/c22-18(16-19(6-3-7-19)25-11-10-24-16)21-8-9-23-12-14(21)17-20-13-4-1-2-5-15(13)26-17/h1-2,4-5,14,16H,3,6-12H2. The van der Waals surface area contributed by atoms with Crippen molar-refractivity contribution in [3.63, 3.8) is 0 Å². The van der Waals surface area contributed by atoms with Crippen LogP contribution in [0.25, 0.3) is 10.2 Å². The van der Waals surface area contributed by atoms with E-state index in [0.717, 1.165) is 34.5 Å². The van der Waals surface area contributed by atoms with Gasteiger partial charge in [0.15, 0.2) is 6.10 Å². The molecule has 0 bridgehead atoms. The smallest absolute Gasteiger partial charge is 0.255 e. The van der Waals surface area contributed by atoms with E-state index in [-0.39, 0.29) is 11.9 Å². The molecule has 2 saturated heterocycles. The molecule has 1 spiro atoms. The number of morpholine rings is 1. The predicted octanol–water partition coefficient (Wildman–Crippen LogP) is 2.53. The molecular formula is C19H22N2O4S. The van der Waals surface area contributed by atoms with E-state index in [0.29, 0.717) is 33.0 Å². The van der Waals surface area contributed by atoms with Crippen LogP contribution < -0.4 is 0 Å². The lowest BCUT2D eigenvalue weighted by Crippen LogP contribution is -2.62. The summed E-state index contributed by atoms with van der Waals surface area (Å²) in [6, 6.07) is 7.91. The fraction of sp³-hybridized carbons (Fsp3) is 0.579. The number of carbonyl (C=O) groups is 1. The maximum atomic E-state index is 13.4. The molecule has 26 heavy (non-hydrogen) atoms. The van der Waals surface area contributed by atoms with Gasteiger partial charge in [0.2, 0.25) is 0 Å². The van der Waals surface area contributed by atoms with Crippen molar-refractivity contribution in [2.45, 2.75) is 37.0 Å². The number of fused-ring (bicyclic) bond motifs is 1. The first-order valence-electron chi connectivity index (χ1n) is 9.26. The summed E-state index contributed by atoms with van der Waals surface area (Å²) in [5.74, 6) is 0.0250. The van der Waals surface area contributed by atoms with Gasteiger partial charge in [-0.1, -0.05) is 12.1 Å². The third-order valence-electron chi connectivity index (χ3n) is 5.67. The Balaban J connectivity index is 1.44. The van der Waals surface area contributed by atoms with Gasteiger partial charge in [-0.25, -0.2) is 4.98 Å². The molecule has 3 aliphatic rings. The van der Waals surface area contributed by atoms with Crippen LogP contribution in [-0.4, -0.2) is 60.5 Å². The maximum Gasteiger partial charge on any atom is 0.255 e.